The minimum Gasteiger partial charge on any atom is -0.384 e. The Morgan fingerprint density at radius 3 is 1.65 bits per heavy atom. The average Bonchev–Trinajstić information content (AvgIpc) is 2.47. The largest absolute Gasteiger partial charge is 0.384 e. The van der Waals surface area contributed by atoms with E-state index in [4.69, 9.17) is 4.74 Å². The van der Waals surface area contributed by atoms with E-state index in [2.05, 4.69) is 41.8 Å². The van der Waals surface area contributed by atoms with Crippen molar-refractivity contribution in [1.82, 2.24) is 9.97 Å². The standard InChI is InChI=1S/C9H12BrNO.C8H10BrNO/c1-9(2,12-3)7-5-4-6-8(10)11-7;1-8(2,11)6-4-3-5-7(9)10-6/h4-6H,1-3H3;3-5,11H,1-2H3. The van der Waals surface area contributed by atoms with Gasteiger partial charge in [-0.15, -0.1) is 0 Å². The molecule has 0 atom stereocenters. The lowest BCUT2D eigenvalue weighted by atomic mass is 10.0. The van der Waals surface area contributed by atoms with Crippen molar-refractivity contribution in [2.45, 2.75) is 38.9 Å². The number of hydrogen-bond donors (Lipinski definition) is 1. The van der Waals surface area contributed by atoms with E-state index in [1.165, 1.54) is 0 Å². The fourth-order valence-electron chi connectivity index (χ4n) is 1.60. The van der Waals surface area contributed by atoms with Crippen LogP contribution in [0, 0.1) is 0 Å². The molecule has 1 N–H and O–H groups in total. The van der Waals surface area contributed by atoms with E-state index < -0.39 is 5.60 Å². The molecule has 0 amide bonds. The van der Waals surface area contributed by atoms with Gasteiger partial charge in [0.1, 0.15) is 20.4 Å². The molecule has 2 heterocycles. The van der Waals surface area contributed by atoms with Crippen molar-refractivity contribution >= 4 is 31.9 Å². The molecule has 23 heavy (non-hydrogen) atoms. The van der Waals surface area contributed by atoms with Crippen LogP contribution < -0.4 is 0 Å². The van der Waals surface area contributed by atoms with Crippen LogP contribution in [0.15, 0.2) is 45.6 Å². The summed E-state index contributed by atoms with van der Waals surface area (Å²) in [6, 6.07) is 11.3. The monoisotopic (exact) mass is 444 g/mol. The van der Waals surface area contributed by atoms with Crippen LogP contribution in [-0.2, 0) is 15.9 Å². The molecule has 4 nitrogen and oxygen atoms in total. The Labute approximate surface area is 154 Å². The first kappa shape index (κ1) is 20.2. The summed E-state index contributed by atoms with van der Waals surface area (Å²) in [5.74, 6) is 0. The second-order valence-electron chi connectivity index (χ2n) is 5.96. The molecule has 0 spiro atoms. The van der Waals surface area contributed by atoms with Crippen molar-refractivity contribution in [3.63, 3.8) is 0 Å². The maximum absolute atomic E-state index is 9.53. The second kappa shape index (κ2) is 8.33. The lowest BCUT2D eigenvalue weighted by molar-refractivity contribution is 0.0154. The molecular formula is C17H22Br2N2O2. The molecule has 6 heteroatoms. The fraction of sp³-hybridized carbons (Fsp3) is 0.412. The Morgan fingerprint density at radius 2 is 1.30 bits per heavy atom. The molecule has 0 unspecified atom stereocenters. The summed E-state index contributed by atoms with van der Waals surface area (Å²) in [5, 5.41) is 9.53. The minimum absolute atomic E-state index is 0.316. The van der Waals surface area contributed by atoms with Gasteiger partial charge in [0.05, 0.1) is 11.4 Å². The van der Waals surface area contributed by atoms with Crippen LogP contribution in [0.25, 0.3) is 0 Å². The Balaban J connectivity index is 0.000000231. The second-order valence-corrected chi connectivity index (χ2v) is 7.59. The van der Waals surface area contributed by atoms with Crippen molar-refractivity contribution in [2.24, 2.45) is 0 Å². The highest BCUT2D eigenvalue weighted by Gasteiger charge is 2.20. The zero-order chi connectivity index (χ0) is 17.7. The van der Waals surface area contributed by atoms with Gasteiger partial charge in [0, 0.05) is 7.11 Å². The number of methoxy groups -OCH3 is 1. The van der Waals surface area contributed by atoms with Crippen LogP contribution >= 0.6 is 31.9 Å². The van der Waals surface area contributed by atoms with E-state index in [0.29, 0.717) is 5.69 Å². The average molecular weight is 446 g/mol. The van der Waals surface area contributed by atoms with Gasteiger partial charge in [-0.25, -0.2) is 9.97 Å². The van der Waals surface area contributed by atoms with Gasteiger partial charge in [0.15, 0.2) is 0 Å². The van der Waals surface area contributed by atoms with Gasteiger partial charge < -0.3 is 9.84 Å². The Hall–Kier alpha value is -0.820. The van der Waals surface area contributed by atoms with Crippen molar-refractivity contribution in [2.75, 3.05) is 7.11 Å². The summed E-state index contributed by atoms with van der Waals surface area (Å²) < 4.78 is 6.88. The highest BCUT2D eigenvalue weighted by Crippen LogP contribution is 2.22. The zero-order valence-corrected chi connectivity index (χ0v) is 17.1. The summed E-state index contributed by atoms with van der Waals surface area (Å²) in [6.45, 7) is 7.40. The third-order valence-electron chi connectivity index (χ3n) is 3.18. The Kier molecular flexibility index (Phi) is 7.32. The predicted octanol–water partition coefficient (Wildman–Crippen LogP) is 4.80. The summed E-state index contributed by atoms with van der Waals surface area (Å²) in [7, 11) is 1.68. The number of nitrogens with zero attached hydrogens (tertiary/aromatic N) is 2. The van der Waals surface area contributed by atoms with Gasteiger partial charge in [-0.3, -0.25) is 0 Å². The van der Waals surface area contributed by atoms with Crippen LogP contribution in [0.1, 0.15) is 39.1 Å². The molecule has 2 aromatic rings. The third kappa shape index (κ3) is 6.67. The van der Waals surface area contributed by atoms with Crippen molar-refractivity contribution in [3.8, 4) is 0 Å². The van der Waals surface area contributed by atoms with Gasteiger partial charge in [-0.2, -0.15) is 0 Å². The number of aliphatic hydroxyl groups is 1. The van der Waals surface area contributed by atoms with E-state index in [1.54, 1.807) is 27.0 Å². The molecule has 0 aliphatic rings. The molecule has 2 rings (SSSR count). The van der Waals surface area contributed by atoms with Gasteiger partial charge in [-0.1, -0.05) is 12.1 Å². The first-order valence-corrected chi connectivity index (χ1v) is 8.68. The summed E-state index contributed by atoms with van der Waals surface area (Å²) in [4.78, 5) is 8.42. The fourth-order valence-corrected chi connectivity index (χ4v) is 2.28. The molecule has 0 aliphatic heterocycles. The van der Waals surface area contributed by atoms with Gasteiger partial charge in [0.2, 0.25) is 0 Å². The van der Waals surface area contributed by atoms with Crippen molar-refractivity contribution in [1.29, 1.82) is 0 Å². The van der Waals surface area contributed by atoms with E-state index in [1.807, 2.05) is 44.2 Å². The molecule has 0 radical (unpaired) electrons. The molecule has 0 bridgehead atoms. The topological polar surface area (TPSA) is 55.2 Å². The van der Waals surface area contributed by atoms with E-state index in [0.717, 1.165) is 14.9 Å². The van der Waals surface area contributed by atoms with Crippen LogP contribution in [0.2, 0.25) is 0 Å². The zero-order valence-electron chi connectivity index (χ0n) is 14.0. The molecule has 0 aromatic carbocycles. The van der Waals surface area contributed by atoms with Gasteiger partial charge in [0.25, 0.3) is 0 Å². The number of rotatable bonds is 3. The Morgan fingerprint density at radius 1 is 0.870 bits per heavy atom. The number of ether oxygens (including phenoxy) is 1. The quantitative estimate of drug-likeness (QED) is 0.689. The lowest BCUT2D eigenvalue weighted by Gasteiger charge is -2.21. The summed E-state index contributed by atoms with van der Waals surface area (Å²) in [6.07, 6.45) is 0. The highest BCUT2D eigenvalue weighted by molar-refractivity contribution is 9.10. The molecular weight excluding hydrogens is 424 g/mol. The van der Waals surface area contributed by atoms with E-state index in [9.17, 15) is 5.11 Å². The number of halogens is 2. The van der Waals surface area contributed by atoms with Crippen molar-refractivity contribution < 1.29 is 9.84 Å². The molecule has 0 fully saturated rings. The molecule has 0 saturated heterocycles. The third-order valence-corrected chi connectivity index (χ3v) is 4.07. The summed E-state index contributed by atoms with van der Waals surface area (Å²) in [5.41, 5.74) is 0.430. The molecule has 2 aromatic heterocycles. The number of pyridine rings is 2. The van der Waals surface area contributed by atoms with Crippen molar-refractivity contribution in [3.05, 3.63) is 57.0 Å². The SMILES string of the molecule is CC(C)(O)c1cccc(Br)n1.COC(C)(C)c1cccc(Br)n1. The maximum Gasteiger partial charge on any atom is 0.106 e. The minimum atomic E-state index is -0.857. The van der Waals surface area contributed by atoms with E-state index in [-0.39, 0.29) is 5.60 Å². The molecule has 0 aliphatic carbocycles. The predicted molar refractivity (Wildman–Crippen MR) is 99.2 cm³/mol. The first-order valence-electron chi connectivity index (χ1n) is 7.10. The normalized spacial score (nSPS) is 11.7. The van der Waals surface area contributed by atoms with E-state index >= 15 is 0 Å². The van der Waals surface area contributed by atoms with Crippen LogP contribution in [-0.4, -0.2) is 22.2 Å². The molecule has 0 saturated carbocycles. The van der Waals surface area contributed by atoms with Crippen LogP contribution in [0.5, 0.6) is 0 Å². The lowest BCUT2D eigenvalue weighted by Crippen LogP contribution is -2.20. The smallest absolute Gasteiger partial charge is 0.106 e. The molecule has 126 valence electrons. The van der Waals surface area contributed by atoms with Gasteiger partial charge in [-0.05, 0) is 83.8 Å². The number of hydrogen-bond acceptors (Lipinski definition) is 4. The maximum atomic E-state index is 9.53. The first-order chi connectivity index (χ1) is 10.6. The Bertz CT molecular complexity index is 640. The highest BCUT2D eigenvalue weighted by atomic mass is 79.9. The van der Waals surface area contributed by atoms with Crippen LogP contribution in [0.4, 0.5) is 0 Å². The van der Waals surface area contributed by atoms with Crippen LogP contribution in [0.3, 0.4) is 0 Å². The van der Waals surface area contributed by atoms with Gasteiger partial charge >= 0.3 is 0 Å². The number of aromatic nitrogens is 2. The summed E-state index contributed by atoms with van der Waals surface area (Å²) >= 11 is 6.55.